The Bertz CT molecular complexity index is 761. The van der Waals surface area contributed by atoms with Gasteiger partial charge in [0.15, 0.2) is 0 Å². The lowest BCUT2D eigenvalue weighted by Gasteiger charge is -2.24. The minimum Gasteiger partial charge on any atom is -0.393 e. The van der Waals surface area contributed by atoms with E-state index >= 15 is 0 Å². The van der Waals surface area contributed by atoms with Crippen molar-refractivity contribution in [3.8, 4) is 11.8 Å². The number of primary amides is 1. The molecule has 0 fully saturated rings. The number of nitrogens with zero attached hydrogens (tertiary/aromatic N) is 1. The number of nitrogens with two attached hydrogens (primary N) is 1. The molecule has 1 aliphatic rings. The molecule has 0 spiro atoms. The predicted molar refractivity (Wildman–Crippen MR) is 102 cm³/mol. The molecule has 6 nitrogen and oxygen atoms in total. The van der Waals surface area contributed by atoms with Gasteiger partial charge >= 0.3 is 0 Å². The molecule has 27 heavy (non-hydrogen) atoms. The average Bonchev–Trinajstić information content (AvgIpc) is 2.94. The van der Waals surface area contributed by atoms with Gasteiger partial charge in [0.2, 0.25) is 5.91 Å². The summed E-state index contributed by atoms with van der Waals surface area (Å²) in [6, 6.07) is 4.68. The molecule has 0 radical (unpaired) electrons. The van der Waals surface area contributed by atoms with Gasteiger partial charge in [0.1, 0.15) is 12.3 Å². The number of hydrogen-bond acceptors (Lipinski definition) is 4. The summed E-state index contributed by atoms with van der Waals surface area (Å²) in [6.45, 7) is 2.09. The maximum atomic E-state index is 12.7. The second-order valence-electron chi connectivity index (χ2n) is 6.86. The highest BCUT2D eigenvalue weighted by molar-refractivity contribution is 6.01. The van der Waals surface area contributed by atoms with Crippen molar-refractivity contribution in [3.05, 3.63) is 34.9 Å². The van der Waals surface area contributed by atoms with Crippen molar-refractivity contribution >= 4 is 18.1 Å². The van der Waals surface area contributed by atoms with Crippen LogP contribution in [0.15, 0.2) is 18.2 Å². The molecule has 3 N–H and O–H groups in total. The largest absolute Gasteiger partial charge is 0.393 e. The Labute approximate surface area is 159 Å². The van der Waals surface area contributed by atoms with Crippen LogP contribution in [0.25, 0.3) is 0 Å². The SMILES string of the molecule is CC(O)CCCCC#Cc1ccc2c(c1)C(=O)N(C(CCC=O)C(N)=O)C2. The topological polar surface area (TPSA) is 101 Å². The van der Waals surface area contributed by atoms with Gasteiger partial charge in [0.25, 0.3) is 5.91 Å². The molecule has 0 bridgehead atoms. The fourth-order valence-electron chi connectivity index (χ4n) is 3.15. The van der Waals surface area contributed by atoms with E-state index in [9.17, 15) is 19.5 Å². The van der Waals surface area contributed by atoms with E-state index in [4.69, 9.17) is 5.73 Å². The molecule has 2 unspecified atom stereocenters. The highest BCUT2D eigenvalue weighted by Crippen LogP contribution is 2.26. The van der Waals surface area contributed by atoms with Gasteiger partial charge < -0.3 is 20.5 Å². The highest BCUT2D eigenvalue weighted by Gasteiger charge is 2.35. The maximum absolute atomic E-state index is 12.7. The van der Waals surface area contributed by atoms with Gasteiger partial charge in [-0.15, -0.1) is 0 Å². The van der Waals surface area contributed by atoms with E-state index in [2.05, 4.69) is 11.8 Å². The molecule has 0 aliphatic carbocycles. The summed E-state index contributed by atoms with van der Waals surface area (Å²) in [5.41, 5.74) is 7.54. The first kappa shape index (κ1) is 20.7. The number of fused-ring (bicyclic) bond motifs is 1. The molecule has 1 aromatic carbocycles. The van der Waals surface area contributed by atoms with Crippen molar-refractivity contribution in [2.24, 2.45) is 5.73 Å². The van der Waals surface area contributed by atoms with Crippen LogP contribution in [-0.2, 0) is 16.1 Å². The number of hydrogen-bond donors (Lipinski definition) is 2. The number of rotatable bonds is 9. The molecule has 1 heterocycles. The Hall–Kier alpha value is -2.65. The zero-order valence-electron chi connectivity index (χ0n) is 15.6. The van der Waals surface area contributed by atoms with Gasteiger partial charge in [-0.25, -0.2) is 0 Å². The number of aldehydes is 1. The summed E-state index contributed by atoms with van der Waals surface area (Å²) in [5, 5.41) is 9.23. The van der Waals surface area contributed by atoms with Gasteiger partial charge in [-0.1, -0.05) is 17.9 Å². The summed E-state index contributed by atoms with van der Waals surface area (Å²) in [7, 11) is 0. The van der Waals surface area contributed by atoms with E-state index in [0.717, 1.165) is 43.1 Å². The zero-order chi connectivity index (χ0) is 19.8. The van der Waals surface area contributed by atoms with E-state index in [1.54, 1.807) is 13.0 Å². The van der Waals surface area contributed by atoms with Crippen LogP contribution in [0.1, 0.15) is 66.9 Å². The molecule has 1 aliphatic heterocycles. The van der Waals surface area contributed by atoms with Crippen molar-refractivity contribution in [3.63, 3.8) is 0 Å². The summed E-state index contributed by atoms with van der Waals surface area (Å²) < 4.78 is 0. The minimum atomic E-state index is -0.779. The number of benzene rings is 1. The van der Waals surface area contributed by atoms with Crippen LogP contribution >= 0.6 is 0 Å². The number of amides is 2. The Morgan fingerprint density at radius 1 is 1.37 bits per heavy atom. The highest BCUT2D eigenvalue weighted by atomic mass is 16.3. The molecule has 0 aromatic heterocycles. The van der Waals surface area contributed by atoms with E-state index in [0.29, 0.717) is 12.1 Å². The first-order chi connectivity index (χ1) is 12.9. The summed E-state index contributed by atoms with van der Waals surface area (Å²) in [4.78, 5) is 36.4. The summed E-state index contributed by atoms with van der Waals surface area (Å²) >= 11 is 0. The Morgan fingerprint density at radius 3 is 2.81 bits per heavy atom. The first-order valence-electron chi connectivity index (χ1n) is 9.27. The molecule has 2 amide bonds. The van der Waals surface area contributed by atoms with Crippen LogP contribution in [0.4, 0.5) is 0 Å². The lowest BCUT2D eigenvalue weighted by Crippen LogP contribution is -2.44. The lowest BCUT2D eigenvalue weighted by molar-refractivity contribution is -0.122. The molecular weight excluding hydrogens is 344 g/mol. The molecule has 2 rings (SSSR count). The number of aliphatic hydroxyl groups excluding tert-OH is 1. The lowest BCUT2D eigenvalue weighted by atomic mass is 10.1. The van der Waals surface area contributed by atoms with Gasteiger partial charge in [-0.05, 0) is 50.3 Å². The Morgan fingerprint density at radius 2 is 2.15 bits per heavy atom. The predicted octanol–water partition coefficient (Wildman–Crippen LogP) is 1.77. The zero-order valence-corrected chi connectivity index (χ0v) is 15.6. The summed E-state index contributed by atoms with van der Waals surface area (Å²) in [6.07, 6.45) is 4.22. The van der Waals surface area contributed by atoms with E-state index < -0.39 is 11.9 Å². The number of carbonyl (C=O) groups is 3. The maximum Gasteiger partial charge on any atom is 0.255 e. The number of unbranched alkanes of at least 4 members (excludes halogenated alkanes) is 2. The van der Waals surface area contributed by atoms with Crippen LogP contribution < -0.4 is 5.73 Å². The van der Waals surface area contributed by atoms with Crippen LogP contribution in [0, 0.1) is 11.8 Å². The molecule has 144 valence electrons. The second-order valence-corrected chi connectivity index (χ2v) is 6.86. The Balaban J connectivity index is 2.03. The standard InChI is InChI=1S/C21H26N2O4/c1-15(25)7-4-2-3-5-8-16-10-11-17-14-23(21(27)18(17)13-16)19(20(22)26)9-6-12-24/h10-13,15,19,25H,2-4,6-7,9,14H2,1H3,(H2,22,26). The molecule has 0 saturated heterocycles. The van der Waals surface area contributed by atoms with Crippen molar-refractivity contribution in [2.75, 3.05) is 0 Å². The van der Waals surface area contributed by atoms with E-state index in [-0.39, 0.29) is 24.9 Å². The molecular formula is C21H26N2O4. The first-order valence-corrected chi connectivity index (χ1v) is 9.27. The number of aliphatic hydroxyl groups is 1. The molecule has 1 aromatic rings. The van der Waals surface area contributed by atoms with Crippen molar-refractivity contribution in [2.45, 2.75) is 64.1 Å². The van der Waals surface area contributed by atoms with Gasteiger partial charge in [0.05, 0.1) is 6.10 Å². The summed E-state index contributed by atoms with van der Waals surface area (Å²) in [5.74, 6) is 5.30. The van der Waals surface area contributed by atoms with Crippen molar-refractivity contribution in [1.82, 2.24) is 4.90 Å². The molecule has 6 heteroatoms. The van der Waals surface area contributed by atoms with Crippen molar-refractivity contribution < 1.29 is 19.5 Å². The van der Waals surface area contributed by atoms with Crippen LogP contribution in [0.3, 0.4) is 0 Å². The monoisotopic (exact) mass is 370 g/mol. The third-order valence-corrected chi connectivity index (χ3v) is 4.61. The fourth-order valence-corrected chi connectivity index (χ4v) is 3.15. The third kappa shape index (κ3) is 5.66. The quantitative estimate of drug-likeness (QED) is 0.393. The van der Waals surface area contributed by atoms with Crippen LogP contribution in [0.5, 0.6) is 0 Å². The molecule has 2 atom stereocenters. The normalized spacial score (nSPS) is 14.9. The fraction of sp³-hybridized carbons (Fsp3) is 0.476. The number of carbonyl (C=O) groups excluding carboxylic acids is 3. The van der Waals surface area contributed by atoms with Gasteiger partial charge in [-0.2, -0.15) is 0 Å². The third-order valence-electron chi connectivity index (χ3n) is 4.61. The van der Waals surface area contributed by atoms with Crippen LogP contribution in [0.2, 0.25) is 0 Å². The second kappa shape index (κ2) is 9.89. The van der Waals surface area contributed by atoms with Gasteiger partial charge in [-0.3, -0.25) is 9.59 Å². The smallest absolute Gasteiger partial charge is 0.255 e. The Kier molecular flexibility index (Phi) is 7.56. The van der Waals surface area contributed by atoms with Crippen LogP contribution in [-0.4, -0.2) is 40.3 Å². The molecule has 0 saturated carbocycles. The minimum absolute atomic E-state index is 0.180. The van der Waals surface area contributed by atoms with E-state index in [1.807, 2.05) is 12.1 Å². The van der Waals surface area contributed by atoms with Gasteiger partial charge in [0, 0.05) is 30.5 Å². The average molecular weight is 370 g/mol. The van der Waals surface area contributed by atoms with E-state index in [1.165, 1.54) is 4.90 Å². The van der Waals surface area contributed by atoms with Crippen molar-refractivity contribution in [1.29, 1.82) is 0 Å².